The largest absolute Gasteiger partial charge is 0.509 e. The van der Waals surface area contributed by atoms with E-state index in [4.69, 9.17) is 35.8 Å². The molecule has 0 spiro atoms. The number of nitrogens with zero attached hydrogens (tertiary/aromatic N) is 4. The zero-order valence-electron chi connectivity index (χ0n) is 25.1. The number of aromatic nitrogens is 4. The van der Waals surface area contributed by atoms with E-state index in [1.165, 1.54) is 10.9 Å². The summed E-state index contributed by atoms with van der Waals surface area (Å²) in [6.07, 6.45) is 8.27. The minimum absolute atomic E-state index is 0.0338. The first-order valence-corrected chi connectivity index (χ1v) is 14.3. The maximum absolute atomic E-state index is 14.1. The highest BCUT2D eigenvalue weighted by molar-refractivity contribution is 5.81. The minimum Gasteiger partial charge on any atom is -0.430 e. The Morgan fingerprint density at radius 1 is 1.14 bits per heavy atom. The van der Waals surface area contributed by atoms with Crippen LogP contribution in [0.5, 0.6) is 0 Å². The number of hydrogen-bond acceptors (Lipinski definition) is 11. The molecule has 2 aromatic heterocycles. The van der Waals surface area contributed by atoms with E-state index in [0.29, 0.717) is 38.5 Å². The van der Waals surface area contributed by atoms with Crippen molar-refractivity contribution in [3.8, 4) is 12.3 Å². The van der Waals surface area contributed by atoms with Crippen molar-refractivity contribution in [2.75, 3.05) is 12.3 Å². The summed E-state index contributed by atoms with van der Waals surface area (Å²) in [6.45, 7) is 14.5. The van der Waals surface area contributed by atoms with E-state index in [0.717, 1.165) is 0 Å². The van der Waals surface area contributed by atoms with Crippen molar-refractivity contribution in [3.05, 3.63) is 37.7 Å². The van der Waals surface area contributed by atoms with Gasteiger partial charge in [-0.15, -0.1) is 19.6 Å². The molecule has 0 aromatic carbocycles. The van der Waals surface area contributed by atoms with Crippen LogP contribution < -0.4 is 5.73 Å². The summed E-state index contributed by atoms with van der Waals surface area (Å²) in [5, 5.41) is 0. The van der Waals surface area contributed by atoms with Crippen LogP contribution in [0.4, 0.5) is 19.8 Å². The average molecular weight is 602 g/mol. The van der Waals surface area contributed by atoms with Crippen LogP contribution in [0.25, 0.3) is 11.2 Å². The highest BCUT2D eigenvalue weighted by atomic mass is 19.1. The number of terminal acetylenes is 1. The molecule has 43 heavy (non-hydrogen) atoms. The van der Waals surface area contributed by atoms with Crippen LogP contribution in [0.15, 0.2) is 31.6 Å². The van der Waals surface area contributed by atoms with Gasteiger partial charge in [-0.1, -0.05) is 45.8 Å². The van der Waals surface area contributed by atoms with Gasteiger partial charge in [0.2, 0.25) is 5.60 Å². The van der Waals surface area contributed by atoms with Crippen LogP contribution in [0.3, 0.4) is 0 Å². The normalized spacial score (nSPS) is 20.3. The Kier molecular flexibility index (Phi) is 10.7. The average Bonchev–Trinajstić information content (AvgIpc) is 3.57. The molecule has 1 aliphatic heterocycles. The van der Waals surface area contributed by atoms with Crippen LogP contribution in [0, 0.1) is 18.4 Å². The molecular weight excluding hydrogens is 561 g/mol. The lowest BCUT2D eigenvalue weighted by molar-refractivity contribution is -0.120. The maximum Gasteiger partial charge on any atom is 0.509 e. The molecule has 0 bridgehead atoms. The van der Waals surface area contributed by atoms with E-state index in [-0.39, 0.29) is 23.4 Å². The molecule has 2 aromatic rings. The molecule has 3 atom stereocenters. The molecule has 13 heteroatoms. The van der Waals surface area contributed by atoms with E-state index in [1.54, 1.807) is 12.2 Å². The fourth-order valence-electron chi connectivity index (χ4n) is 5.14. The number of hydrogen-bond donors (Lipinski definition) is 1. The van der Waals surface area contributed by atoms with Gasteiger partial charge in [-0.2, -0.15) is 14.4 Å². The topological polar surface area (TPSA) is 150 Å². The molecule has 1 fully saturated rings. The van der Waals surface area contributed by atoms with Crippen LogP contribution in [0.2, 0.25) is 0 Å². The summed E-state index contributed by atoms with van der Waals surface area (Å²) in [5.74, 6) is 2.33. The number of carbonyl (C=O) groups excluding carboxylic acids is 2. The number of carbonyl (C=O) groups is 2. The van der Waals surface area contributed by atoms with Gasteiger partial charge in [-0.25, -0.2) is 14.6 Å². The van der Waals surface area contributed by atoms with Crippen molar-refractivity contribution in [2.24, 2.45) is 0 Å². The van der Waals surface area contributed by atoms with Crippen molar-refractivity contribution < 1.29 is 37.7 Å². The fraction of sp³-hybridized carbons (Fsp3) is 0.567. The van der Waals surface area contributed by atoms with E-state index < -0.39 is 54.1 Å². The molecule has 3 heterocycles. The summed E-state index contributed by atoms with van der Waals surface area (Å²) >= 11 is 0. The summed E-state index contributed by atoms with van der Waals surface area (Å²) in [7, 11) is 0. The number of ether oxygens (including phenoxy) is 5. The molecule has 2 N–H and O–H groups in total. The van der Waals surface area contributed by atoms with Crippen molar-refractivity contribution in [1.82, 2.24) is 19.5 Å². The van der Waals surface area contributed by atoms with Crippen molar-refractivity contribution >= 4 is 29.3 Å². The second-order valence-corrected chi connectivity index (χ2v) is 10.4. The molecule has 0 amide bonds. The maximum atomic E-state index is 14.1. The number of halogens is 1. The Hall–Kier alpha value is -4.18. The first kappa shape index (κ1) is 33.3. The van der Waals surface area contributed by atoms with Crippen molar-refractivity contribution in [2.45, 2.75) is 102 Å². The minimum atomic E-state index is -1.78. The second-order valence-electron chi connectivity index (χ2n) is 10.4. The van der Waals surface area contributed by atoms with Crippen molar-refractivity contribution in [1.29, 1.82) is 0 Å². The van der Waals surface area contributed by atoms with Crippen LogP contribution in [-0.4, -0.2) is 61.3 Å². The van der Waals surface area contributed by atoms with E-state index in [9.17, 15) is 14.0 Å². The van der Waals surface area contributed by atoms with Gasteiger partial charge in [-0.05, 0) is 25.7 Å². The number of imidazole rings is 1. The second kappa shape index (κ2) is 13.9. The Labute approximate surface area is 250 Å². The summed E-state index contributed by atoms with van der Waals surface area (Å²) in [4.78, 5) is 37.4. The molecule has 12 nitrogen and oxygen atoms in total. The molecule has 1 saturated heterocycles. The lowest BCUT2D eigenvalue weighted by Gasteiger charge is -2.33. The van der Waals surface area contributed by atoms with Gasteiger partial charge in [0.05, 0.1) is 6.33 Å². The summed E-state index contributed by atoms with van der Waals surface area (Å²) in [5.41, 5.74) is 2.56. The third-order valence-corrected chi connectivity index (χ3v) is 8.11. The lowest BCUT2D eigenvalue weighted by Crippen LogP contribution is -2.47. The third kappa shape index (κ3) is 7.07. The predicted molar refractivity (Wildman–Crippen MR) is 156 cm³/mol. The first-order chi connectivity index (χ1) is 20.5. The Morgan fingerprint density at radius 2 is 1.72 bits per heavy atom. The highest BCUT2D eigenvalue weighted by Crippen LogP contribution is 2.41. The van der Waals surface area contributed by atoms with Gasteiger partial charge in [0, 0.05) is 19.3 Å². The molecule has 3 rings (SSSR count). The Morgan fingerprint density at radius 3 is 2.26 bits per heavy atom. The summed E-state index contributed by atoms with van der Waals surface area (Å²) < 4.78 is 44.3. The highest BCUT2D eigenvalue weighted by Gasteiger charge is 2.53. The number of rotatable bonds is 14. The number of fused-ring (bicyclic) bond motifs is 1. The SMILES string of the molecule is C#C[C@]1(COC(=O)OC(CC)(CC)CC=C)O[C@@H](n2cnc3c(N)nc(F)nc32)C[C@@H]1OC(=O)OC(CC)(CC)CC=C. The number of anilines is 1. The van der Waals surface area contributed by atoms with Gasteiger partial charge in [0.15, 0.2) is 23.1 Å². The van der Waals surface area contributed by atoms with Crippen LogP contribution in [0.1, 0.15) is 78.9 Å². The van der Waals surface area contributed by atoms with E-state index in [1.807, 2.05) is 27.7 Å². The molecule has 0 aliphatic carbocycles. The van der Waals surface area contributed by atoms with E-state index in [2.05, 4.69) is 34.0 Å². The van der Waals surface area contributed by atoms with Gasteiger partial charge >= 0.3 is 18.4 Å². The predicted octanol–water partition coefficient (Wildman–Crippen LogP) is 5.78. The zero-order chi connectivity index (χ0) is 31.8. The quantitative estimate of drug-likeness (QED) is 0.121. The fourth-order valence-corrected chi connectivity index (χ4v) is 5.14. The van der Waals surface area contributed by atoms with Gasteiger partial charge in [0.1, 0.15) is 24.0 Å². The Bertz CT molecular complexity index is 1360. The number of nitrogens with two attached hydrogens (primary N) is 1. The number of nitrogen functional groups attached to an aromatic ring is 1. The van der Waals surface area contributed by atoms with Crippen molar-refractivity contribution in [3.63, 3.8) is 0 Å². The lowest BCUT2D eigenvalue weighted by atomic mass is 9.93. The molecule has 0 unspecified atom stereocenters. The smallest absolute Gasteiger partial charge is 0.430 e. The van der Waals surface area contributed by atoms with Crippen LogP contribution in [-0.2, 0) is 23.7 Å². The molecule has 0 radical (unpaired) electrons. The van der Waals surface area contributed by atoms with Crippen LogP contribution >= 0.6 is 0 Å². The molecule has 234 valence electrons. The van der Waals surface area contributed by atoms with E-state index >= 15 is 0 Å². The van der Waals surface area contributed by atoms with Gasteiger partial charge in [-0.3, -0.25) is 4.57 Å². The third-order valence-electron chi connectivity index (χ3n) is 8.11. The zero-order valence-corrected chi connectivity index (χ0v) is 25.1. The van der Waals surface area contributed by atoms with Gasteiger partial charge < -0.3 is 29.4 Å². The Balaban J connectivity index is 1.93. The first-order valence-electron chi connectivity index (χ1n) is 14.3. The molecule has 1 aliphatic rings. The summed E-state index contributed by atoms with van der Waals surface area (Å²) in [6, 6.07) is 0. The molecular formula is C30H40FN5O7. The molecule has 0 saturated carbocycles. The monoisotopic (exact) mass is 601 g/mol. The van der Waals surface area contributed by atoms with Gasteiger partial charge in [0.25, 0.3) is 0 Å². The standard InChI is InChI=1S/C30H40FN5O7/c1-8-15-28(10-3,11-4)42-26(37)39-18-30(14-7)20(40-27(38)43-29(12-5,13-6)16-9-2)17-21(41-30)36-19-33-22-23(32)34-25(31)35-24(22)36/h7-9,19-21H,1-2,10-13,15-18H2,3-6H3,(H2,32,34,35)/t20-,21+,30+/m0/s1.